The first kappa shape index (κ1) is 10.7. The van der Waals surface area contributed by atoms with Gasteiger partial charge in [0.05, 0.1) is 0 Å². The van der Waals surface area contributed by atoms with Gasteiger partial charge in [0.1, 0.15) is 5.82 Å². The molecule has 1 aromatic carbocycles. The van der Waals surface area contributed by atoms with Crippen LogP contribution in [0.4, 0.5) is 4.39 Å². The van der Waals surface area contributed by atoms with Gasteiger partial charge in [-0.1, -0.05) is 12.1 Å². The summed E-state index contributed by atoms with van der Waals surface area (Å²) in [6.45, 7) is 3.20. The van der Waals surface area contributed by atoms with E-state index in [1.165, 1.54) is 12.1 Å². The summed E-state index contributed by atoms with van der Waals surface area (Å²) >= 11 is 0. The van der Waals surface area contributed by atoms with Gasteiger partial charge < -0.3 is 11.1 Å². The van der Waals surface area contributed by atoms with Crippen LogP contribution in [0.1, 0.15) is 12.5 Å². The molecule has 0 saturated carbocycles. The molecule has 0 unspecified atom stereocenters. The van der Waals surface area contributed by atoms with Crippen molar-refractivity contribution in [3.63, 3.8) is 0 Å². The van der Waals surface area contributed by atoms with Gasteiger partial charge >= 0.3 is 0 Å². The summed E-state index contributed by atoms with van der Waals surface area (Å²) in [5.74, 6) is -0.206. The summed E-state index contributed by atoms with van der Waals surface area (Å²) in [5, 5.41) is 3.11. The van der Waals surface area contributed by atoms with Gasteiger partial charge in [-0.3, -0.25) is 0 Å². The van der Waals surface area contributed by atoms with Gasteiger partial charge in [-0.2, -0.15) is 0 Å². The first-order valence-electron chi connectivity index (χ1n) is 4.56. The van der Waals surface area contributed by atoms with E-state index in [2.05, 4.69) is 5.32 Å². The van der Waals surface area contributed by atoms with Crippen LogP contribution in [-0.2, 0) is 6.54 Å². The van der Waals surface area contributed by atoms with E-state index >= 15 is 0 Å². The summed E-state index contributed by atoms with van der Waals surface area (Å²) in [6.07, 6.45) is 1.88. The van der Waals surface area contributed by atoms with Crippen molar-refractivity contribution in [3.05, 3.63) is 47.4 Å². The molecule has 3 heteroatoms. The van der Waals surface area contributed by atoms with Crippen LogP contribution in [0.2, 0.25) is 0 Å². The molecule has 0 aromatic heterocycles. The standard InChI is InChI=1S/C11H15FN2/c1-9(6-13)7-14-8-10-2-4-11(12)5-3-10/h2-5,7,14H,6,8,13H2,1H3/b9-7+. The number of nitrogens with one attached hydrogen (secondary N) is 1. The third-order valence-electron chi connectivity index (χ3n) is 1.89. The van der Waals surface area contributed by atoms with Crippen LogP contribution in [0.5, 0.6) is 0 Å². The fraction of sp³-hybridized carbons (Fsp3) is 0.273. The van der Waals surface area contributed by atoms with E-state index < -0.39 is 0 Å². The van der Waals surface area contributed by atoms with Crippen LogP contribution in [0.3, 0.4) is 0 Å². The quantitative estimate of drug-likeness (QED) is 0.766. The minimum Gasteiger partial charge on any atom is -0.387 e. The van der Waals surface area contributed by atoms with Crippen molar-refractivity contribution in [3.8, 4) is 0 Å². The average Bonchev–Trinajstić information content (AvgIpc) is 2.21. The van der Waals surface area contributed by atoms with Gasteiger partial charge in [0.15, 0.2) is 0 Å². The van der Waals surface area contributed by atoms with E-state index in [1.54, 1.807) is 12.1 Å². The lowest BCUT2D eigenvalue weighted by atomic mass is 10.2. The van der Waals surface area contributed by atoms with E-state index in [-0.39, 0.29) is 5.82 Å². The van der Waals surface area contributed by atoms with E-state index in [4.69, 9.17) is 5.73 Å². The Kier molecular flexibility index (Phi) is 4.13. The maximum absolute atomic E-state index is 12.5. The number of nitrogens with two attached hydrogens (primary N) is 1. The molecule has 0 spiro atoms. The van der Waals surface area contributed by atoms with Crippen LogP contribution < -0.4 is 11.1 Å². The highest BCUT2D eigenvalue weighted by Gasteiger charge is 1.91. The Labute approximate surface area is 83.6 Å². The van der Waals surface area contributed by atoms with Gasteiger partial charge in [0.2, 0.25) is 0 Å². The second-order valence-electron chi connectivity index (χ2n) is 3.20. The molecule has 0 aliphatic heterocycles. The van der Waals surface area contributed by atoms with Gasteiger partial charge in [-0.25, -0.2) is 4.39 Å². The molecular formula is C11H15FN2. The topological polar surface area (TPSA) is 38.0 Å². The Balaban J connectivity index is 2.42. The molecule has 1 rings (SSSR count). The largest absolute Gasteiger partial charge is 0.387 e. The van der Waals surface area contributed by atoms with Gasteiger partial charge in [-0.05, 0) is 36.4 Å². The lowest BCUT2D eigenvalue weighted by Gasteiger charge is -2.02. The smallest absolute Gasteiger partial charge is 0.123 e. The van der Waals surface area contributed by atoms with Crippen LogP contribution >= 0.6 is 0 Å². The molecule has 0 aliphatic rings. The number of halogens is 1. The molecule has 2 nitrogen and oxygen atoms in total. The van der Waals surface area contributed by atoms with Crippen LogP contribution in [0.15, 0.2) is 36.0 Å². The molecule has 76 valence electrons. The molecule has 0 saturated heterocycles. The predicted molar refractivity (Wildman–Crippen MR) is 56.1 cm³/mol. The Morgan fingerprint density at radius 2 is 2.07 bits per heavy atom. The highest BCUT2D eigenvalue weighted by atomic mass is 19.1. The van der Waals surface area contributed by atoms with Crippen molar-refractivity contribution in [2.24, 2.45) is 5.73 Å². The predicted octanol–water partition coefficient (Wildman–Crippen LogP) is 1.78. The second kappa shape index (κ2) is 5.40. The Hall–Kier alpha value is -1.35. The first-order valence-corrected chi connectivity index (χ1v) is 4.56. The molecule has 0 atom stereocenters. The third kappa shape index (κ3) is 3.58. The van der Waals surface area contributed by atoms with Gasteiger partial charge in [-0.15, -0.1) is 0 Å². The van der Waals surface area contributed by atoms with E-state index in [0.717, 1.165) is 11.1 Å². The van der Waals surface area contributed by atoms with E-state index in [9.17, 15) is 4.39 Å². The lowest BCUT2D eigenvalue weighted by Crippen LogP contribution is -2.09. The molecule has 0 amide bonds. The molecule has 0 fully saturated rings. The highest BCUT2D eigenvalue weighted by molar-refractivity contribution is 5.16. The second-order valence-corrected chi connectivity index (χ2v) is 3.20. The van der Waals surface area contributed by atoms with E-state index in [1.807, 2.05) is 13.1 Å². The molecule has 14 heavy (non-hydrogen) atoms. The summed E-state index contributed by atoms with van der Waals surface area (Å²) < 4.78 is 12.5. The first-order chi connectivity index (χ1) is 6.72. The lowest BCUT2D eigenvalue weighted by molar-refractivity contribution is 0.626. The molecule has 1 aromatic rings. The molecule has 3 N–H and O–H groups in total. The van der Waals surface area contributed by atoms with Crippen molar-refractivity contribution in [2.45, 2.75) is 13.5 Å². The maximum atomic E-state index is 12.5. The minimum absolute atomic E-state index is 0.206. The van der Waals surface area contributed by atoms with Gasteiger partial charge in [0, 0.05) is 13.1 Å². The van der Waals surface area contributed by atoms with E-state index in [0.29, 0.717) is 13.1 Å². The average molecular weight is 194 g/mol. The summed E-state index contributed by atoms with van der Waals surface area (Å²) in [6, 6.07) is 6.43. The van der Waals surface area contributed by atoms with Crippen molar-refractivity contribution in [2.75, 3.05) is 6.54 Å². The molecule has 0 heterocycles. The zero-order chi connectivity index (χ0) is 10.4. The highest BCUT2D eigenvalue weighted by Crippen LogP contribution is 2.02. The minimum atomic E-state index is -0.206. The summed E-state index contributed by atoms with van der Waals surface area (Å²) in [4.78, 5) is 0. The van der Waals surface area contributed by atoms with Crippen LogP contribution in [0.25, 0.3) is 0 Å². The Morgan fingerprint density at radius 3 is 2.64 bits per heavy atom. The SMILES string of the molecule is C/C(=C\NCc1ccc(F)cc1)CN. The summed E-state index contributed by atoms with van der Waals surface area (Å²) in [5.41, 5.74) is 7.55. The Morgan fingerprint density at radius 1 is 1.43 bits per heavy atom. The fourth-order valence-corrected chi connectivity index (χ4v) is 1.00. The molecule has 0 aliphatic carbocycles. The fourth-order valence-electron chi connectivity index (χ4n) is 1.00. The Bertz CT molecular complexity index is 304. The van der Waals surface area contributed by atoms with Crippen LogP contribution in [-0.4, -0.2) is 6.54 Å². The number of hydrogen-bond acceptors (Lipinski definition) is 2. The molecular weight excluding hydrogens is 179 g/mol. The van der Waals surface area contributed by atoms with Gasteiger partial charge in [0.25, 0.3) is 0 Å². The normalized spacial score (nSPS) is 11.5. The number of rotatable bonds is 4. The van der Waals surface area contributed by atoms with Crippen molar-refractivity contribution in [1.29, 1.82) is 0 Å². The van der Waals surface area contributed by atoms with Crippen LogP contribution in [0, 0.1) is 5.82 Å². The third-order valence-corrected chi connectivity index (χ3v) is 1.89. The van der Waals surface area contributed by atoms with Crippen molar-refractivity contribution >= 4 is 0 Å². The molecule has 0 radical (unpaired) electrons. The number of hydrogen-bond donors (Lipinski definition) is 2. The zero-order valence-corrected chi connectivity index (χ0v) is 8.26. The maximum Gasteiger partial charge on any atom is 0.123 e. The molecule has 0 bridgehead atoms. The zero-order valence-electron chi connectivity index (χ0n) is 8.26. The van der Waals surface area contributed by atoms with Crippen molar-refractivity contribution < 1.29 is 4.39 Å². The monoisotopic (exact) mass is 194 g/mol. The number of benzene rings is 1. The van der Waals surface area contributed by atoms with Crippen molar-refractivity contribution in [1.82, 2.24) is 5.32 Å². The summed E-state index contributed by atoms with van der Waals surface area (Å²) in [7, 11) is 0.